The first-order valence-electron chi connectivity index (χ1n) is 5.49. The van der Waals surface area contributed by atoms with Gasteiger partial charge in [-0.2, -0.15) is 0 Å². The smallest absolute Gasteiger partial charge is 0.228 e. The fourth-order valence-corrected chi connectivity index (χ4v) is 2.34. The van der Waals surface area contributed by atoms with Gasteiger partial charge in [0, 0.05) is 17.1 Å². The summed E-state index contributed by atoms with van der Waals surface area (Å²) in [6.45, 7) is 2.31. The first kappa shape index (κ1) is 13.1. The van der Waals surface area contributed by atoms with Crippen molar-refractivity contribution in [1.29, 1.82) is 0 Å². The Morgan fingerprint density at radius 1 is 1.33 bits per heavy atom. The quantitative estimate of drug-likeness (QED) is 0.808. The zero-order valence-electron chi connectivity index (χ0n) is 10.2. The van der Waals surface area contributed by atoms with Crippen molar-refractivity contribution in [2.75, 3.05) is 7.11 Å². The minimum atomic E-state index is -0.123. The number of carbonyl (C=O) groups is 1. The van der Waals surface area contributed by atoms with Crippen LogP contribution in [0.2, 0.25) is 0 Å². The molecule has 1 heterocycles. The van der Waals surface area contributed by atoms with Crippen LogP contribution >= 0.6 is 15.9 Å². The summed E-state index contributed by atoms with van der Waals surface area (Å²) in [5, 5.41) is 0. The monoisotopic (exact) mass is 308 g/mol. The van der Waals surface area contributed by atoms with Gasteiger partial charge in [-0.15, -0.1) is 0 Å². The van der Waals surface area contributed by atoms with Gasteiger partial charge in [-0.05, 0) is 42.8 Å². The molecule has 3 nitrogen and oxygen atoms in total. The number of benzene rings is 1. The first-order valence-corrected chi connectivity index (χ1v) is 6.29. The van der Waals surface area contributed by atoms with E-state index in [1.165, 1.54) is 0 Å². The van der Waals surface area contributed by atoms with Crippen LogP contribution < -0.4 is 0 Å². The maximum Gasteiger partial charge on any atom is 0.228 e. The number of hydrogen-bond acceptors (Lipinski definition) is 3. The van der Waals surface area contributed by atoms with Gasteiger partial charge in [-0.3, -0.25) is 4.79 Å². The molecule has 2 aromatic rings. The van der Waals surface area contributed by atoms with E-state index in [0.29, 0.717) is 23.7 Å². The number of methoxy groups -OCH3 is 1. The Morgan fingerprint density at radius 2 is 2.11 bits per heavy atom. The van der Waals surface area contributed by atoms with E-state index in [-0.39, 0.29) is 5.78 Å². The molecule has 2 rings (SSSR count). The van der Waals surface area contributed by atoms with Crippen LogP contribution in [0.15, 0.2) is 39.2 Å². The summed E-state index contributed by atoms with van der Waals surface area (Å²) in [7, 11) is 1.59. The lowest BCUT2D eigenvalue weighted by Gasteiger charge is -2.01. The molecule has 0 atom stereocenters. The lowest BCUT2D eigenvalue weighted by molar-refractivity contribution is 0.0999. The molecule has 1 aromatic heterocycles. The van der Waals surface area contributed by atoms with Gasteiger partial charge in [0.25, 0.3) is 0 Å². The highest BCUT2D eigenvalue weighted by Gasteiger charge is 2.14. The summed E-state index contributed by atoms with van der Waals surface area (Å²) in [5.41, 5.74) is 1.64. The third kappa shape index (κ3) is 2.89. The molecule has 0 bridgehead atoms. The molecule has 1 aromatic carbocycles. The van der Waals surface area contributed by atoms with Crippen molar-refractivity contribution < 1.29 is 13.9 Å². The van der Waals surface area contributed by atoms with Crippen LogP contribution in [-0.4, -0.2) is 12.9 Å². The number of ketones is 1. The largest absolute Gasteiger partial charge is 0.455 e. The second kappa shape index (κ2) is 5.50. The predicted octanol–water partition coefficient (Wildman–Crippen LogP) is 3.73. The molecule has 0 N–H and O–H groups in total. The maximum atomic E-state index is 12.2. The number of rotatable bonds is 4. The van der Waals surface area contributed by atoms with Crippen molar-refractivity contribution in [3.05, 3.63) is 57.5 Å². The molecule has 18 heavy (non-hydrogen) atoms. The van der Waals surface area contributed by atoms with Crippen LogP contribution in [0, 0.1) is 6.92 Å². The van der Waals surface area contributed by atoms with Crippen molar-refractivity contribution in [3.63, 3.8) is 0 Å². The van der Waals surface area contributed by atoms with Gasteiger partial charge in [0.15, 0.2) is 5.76 Å². The summed E-state index contributed by atoms with van der Waals surface area (Å²) >= 11 is 3.38. The fourth-order valence-electron chi connectivity index (χ4n) is 1.73. The molecular formula is C14H13BrO3. The molecule has 0 saturated heterocycles. The summed E-state index contributed by atoms with van der Waals surface area (Å²) in [4.78, 5) is 12.2. The minimum absolute atomic E-state index is 0.123. The zero-order valence-corrected chi connectivity index (χ0v) is 11.8. The van der Waals surface area contributed by atoms with Crippen LogP contribution in [-0.2, 0) is 11.3 Å². The Hall–Kier alpha value is -1.39. The number of aryl methyl sites for hydroxylation is 1. The van der Waals surface area contributed by atoms with Crippen LogP contribution in [0.4, 0.5) is 0 Å². The van der Waals surface area contributed by atoms with Crippen LogP contribution in [0.25, 0.3) is 0 Å². The molecular weight excluding hydrogens is 296 g/mol. The van der Waals surface area contributed by atoms with Crippen molar-refractivity contribution in [3.8, 4) is 0 Å². The highest BCUT2D eigenvalue weighted by Crippen LogP contribution is 2.19. The third-order valence-electron chi connectivity index (χ3n) is 2.48. The molecule has 0 amide bonds. The highest BCUT2D eigenvalue weighted by atomic mass is 79.9. The summed E-state index contributed by atoms with van der Waals surface area (Å²) in [5.74, 6) is 0.855. The second-order valence-electron chi connectivity index (χ2n) is 4.05. The maximum absolute atomic E-state index is 12.2. The number of carbonyl (C=O) groups excluding carboxylic acids is 1. The molecule has 0 aliphatic heterocycles. The average Bonchev–Trinajstić information content (AvgIpc) is 2.76. The van der Waals surface area contributed by atoms with E-state index in [2.05, 4.69) is 15.9 Å². The average molecular weight is 309 g/mol. The van der Waals surface area contributed by atoms with Crippen molar-refractivity contribution in [2.24, 2.45) is 0 Å². The number of hydrogen-bond donors (Lipinski definition) is 0. The number of halogens is 1. The fraction of sp³-hybridized carbons (Fsp3) is 0.214. The van der Waals surface area contributed by atoms with E-state index in [1.807, 2.05) is 19.1 Å². The minimum Gasteiger partial charge on any atom is -0.455 e. The molecule has 0 spiro atoms. The molecule has 94 valence electrons. The Balaban J connectivity index is 2.29. The number of furan rings is 1. The van der Waals surface area contributed by atoms with Gasteiger partial charge in [0.1, 0.15) is 12.4 Å². The van der Waals surface area contributed by atoms with Gasteiger partial charge in [-0.25, -0.2) is 0 Å². The van der Waals surface area contributed by atoms with Crippen molar-refractivity contribution in [2.45, 2.75) is 13.5 Å². The highest BCUT2D eigenvalue weighted by molar-refractivity contribution is 9.10. The van der Waals surface area contributed by atoms with Gasteiger partial charge in [0.2, 0.25) is 5.78 Å². The molecule has 0 unspecified atom stereocenters. The van der Waals surface area contributed by atoms with E-state index in [4.69, 9.17) is 9.15 Å². The first-order chi connectivity index (χ1) is 8.60. The van der Waals surface area contributed by atoms with Gasteiger partial charge in [-0.1, -0.05) is 15.9 Å². The summed E-state index contributed by atoms with van der Waals surface area (Å²) in [6, 6.07) is 9.00. The lowest BCUT2D eigenvalue weighted by atomic mass is 10.1. The van der Waals surface area contributed by atoms with Crippen LogP contribution in [0.3, 0.4) is 0 Å². The zero-order chi connectivity index (χ0) is 13.1. The second-order valence-corrected chi connectivity index (χ2v) is 4.96. The molecule has 0 saturated carbocycles. The summed E-state index contributed by atoms with van der Waals surface area (Å²) in [6.07, 6.45) is 0. The van der Waals surface area contributed by atoms with E-state index < -0.39 is 0 Å². The standard InChI is InChI=1S/C14H13BrO3/c1-9-5-10(7-11(15)6-9)14(16)13-4-3-12(18-13)8-17-2/h3-7H,8H2,1-2H3. The van der Waals surface area contributed by atoms with E-state index in [9.17, 15) is 4.79 Å². The van der Waals surface area contributed by atoms with Gasteiger partial charge >= 0.3 is 0 Å². The Labute approximate surface area is 114 Å². The molecule has 0 fully saturated rings. The van der Waals surface area contributed by atoms with E-state index in [1.54, 1.807) is 25.3 Å². The third-order valence-corrected chi connectivity index (χ3v) is 2.93. The van der Waals surface area contributed by atoms with Crippen molar-refractivity contribution in [1.82, 2.24) is 0 Å². The SMILES string of the molecule is COCc1ccc(C(=O)c2cc(C)cc(Br)c2)o1. The Bertz CT molecular complexity index is 552. The Kier molecular flexibility index (Phi) is 3.99. The normalized spacial score (nSPS) is 10.6. The van der Waals surface area contributed by atoms with Gasteiger partial charge < -0.3 is 9.15 Å². The lowest BCUT2D eigenvalue weighted by Crippen LogP contribution is -2.00. The molecule has 0 radical (unpaired) electrons. The van der Waals surface area contributed by atoms with Gasteiger partial charge in [0.05, 0.1) is 0 Å². The van der Waals surface area contributed by atoms with Crippen molar-refractivity contribution >= 4 is 21.7 Å². The molecule has 0 aliphatic carbocycles. The predicted molar refractivity (Wildman–Crippen MR) is 71.7 cm³/mol. The van der Waals surface area contributed by atoms with Crippen LogP contribution in [0.5, 0.6) is 0 Å². The Morgan fingerprint density at radius 3 is 2.78 bits per heavy atom. The molecule has 0 aliphatic rings. The number of ether oxygens (including phenoxy) is 1. The molecule has 4 heteroatoms. The summed E-state index contributed by atoms with van der Waals surface area (Å²) < 4.78 is 11.3. The van der Waals surface area contributed by atoms with E-state index in [0.717, 1.165) is 10.0 Å². The topological polar surface area (TPSA) is 39.4 Å². The van der Waals surface area contributed by atoms with E-state index >= 15 is 0 Å². The van der Waals surface area contributed by atoms with Crippen LogP contribution in [0.1, 0.15) is 27.4 Å².